The summed E-state index contributed by atoms with van der Waals surface area (Å²) in [6.07, 6.45) is 5.78. The summed E-state index contributed by atoms with van der Waals surface area (Å²) in [6.45, 7) is 7.18. The maximum Gasteiger partial charge on any atom is 0.261 e. The Labute approximate surface area is 217 Å². The molecule has 3 fully saturated rings. The number of fused-ring (bicyclic) bond motifs is 1. The molecular weight excluding hydrogens is 473 g/mol. The van der Waals surface area contributed by atoms with Crippen molar-refractivity contribution < 1.29 is 14.0 Å². The Morgan fingerprint density at radius 1 is 1.06 bits per heavy atom. The number of anilines is 1. The van der Waals surface area contributed by atoms with Crippen LogP contribution >= 0.6 is 11.8 Å². The molecule has 2 unspecified atom stereocenters. The van der Waals surface area contributed by atoms with E-state index in [9.17, 15) is 14.0 Å². The van der Waals surface area contributed by atoms with Crippen LogP contribution in [0, 0.1) is 19.7 Å². The number of carbonyl (C=O) groups excluding carboxylic acids is 2. The third-order valence-electron chi connectivity index (χ3n) is 7.65. The number of carbonyl (C=O) groups is 2. The fourth-order valence-corrected chi connectivity index (χ4v) is 7.06. The first kappa shape index (κ1) is 24.9. The number of piperazine rings is 1. The van der Waals surface area contributed by atoms with Gasteiger partial charge in [-0.3, -0.25) is 9.59 Å². The summed E-state index contributed by atoms with van der Waals surface area (Å²) in [5.41, 5.74) is 4.13. The lowest BCUT2D eigenvalue weighted by Gasteiger charge is -2.45. The number of hydrogen-bond acceptors (Lipinski definition) is 4. The van der Waals surface area contributed by atoms with E-state index in [1.54, 1.807) is 40.9 Å². The number of rotatable bonds is 4. The van der Waals surface area contributed by atoms with Crippen molar-refractivity contribution in [1.82, 2.24) is 9.80 Å². The van der Waals surface area contributed by atoms with E-state index in [0.717, 1.165) is 38.8 Å². The maximum absolute atomic E-state index is 14.3. The Bertz CT molecular complexity index is 1170. The van der Waals surface area contributed by atoms with E-state index in [-0.39, 0.29) is 35.5 Å². The summed E-state index contributed by atoms with van der Waals surface area (Å²) in [5.74, 6) is -0.479. The molecular formula is C29H34FN3O2S. The zero-order valence-electron chi connectivity index (χ0n) is 21.1. The number of halogens is 1. The number of nitrogens with zero attached hydrogens (tertiary/aromatic N) is 3. The second kappa shape index (κ2) is 10.7. The first-order valence-electron chi connectivity index (χ1n) is 12.9. The molecule has 2 atom stereocenters. The molecule has 36 heavy (non-hydrogen) atoms. The smallest absolute Gasteiger partial charge is 0.261 e. The molecule has 2 heterocycles. The van der Waals surface area contributed by atoms with E-state index < -0.39 is 0 Å². The van der Waals surface area contributed by atoms with Crippen LogP contribution in [-0.4, -0.2) is 65.6 Å². The topological polar surface area (TPSA) is 43.9 Å². The van der Waals surface area contributed by atoms with Crippen LogP contribution in [0.1, 0.15) is 42.4 Å². The standard InChI is InChI=1S/C29H34FN3O2S/c1-20-11-12-21(2)25(17-20)31-13-15-32(16-14-31)28(34)19-33-24-9-5-6-10-26(24)36-27(29(33)35)18-22-7-3-4-8-23(22)30/h3-4,7-8,11-12,17-18,24,26H,5-6,9-10,13-16,19H2,1-2H3/b27-18-. The fraction of sp³-hybridized carbons (Fsp3) is 0.448. The minimum absolute atomic E-state index is 0.00503. The van der Waals surface area contributed by atoms with E-state index in [0.29, 0.717) is 23.6 Å². The normalized spacial score (nSPS) is 23.7. The van der Waals surface area contributed by atoms with Gasteiger partial charge in [0.25, 0.3) is 5.91 Å². The molecule has 2 saturated heterocycles. The largest absolute Gasteiger partial charge is 0.368 e. The number of hydrogen-bond donors (Lipinski definition) is 0. The Kier molecular flexibility index (Phi) is 7.37. The van der Waals surface area contributed by atoms with Crippen LogP contribution in [0.15, 0.2) is 47.4 Å². The van der Waals surface area contributed by atoms with Gasteiger partial charge in [-0.2, -0.15) is 0 Å². The van der Waals surface area contributed by atoms with Crippen molar-refractivity contribution in [3.05, 3.63) is 69.9 Å². The molecule has 5 nitrogen and oxygen atoms in total. The van der Waals surface area contributed by atoms with E-state index in [2.05, 4.69) is 36.9 Å². The van der Waals surface area contributed by atoms with Crippen LogP contribution in [-0.2, 0) is 9.59 Å². The first-order valence-corrected chi connectivity index (χ1v) is 13.8. The molecule has 7 heteroatoms. The molecule has 0 N–H and O–H groups in total. The van der Waals surface area contributed by atoms with Crippen molar-refractivity contribution in [1.29, 1.82) is 0 Å². The Morgan fingerprint density at radius 2 is 1.81 bits per heavy atom. The highest BCUT2D eigenvalue weighted by molar-refractivity contribution is 8.04. The minimum atomic E-state index is -0.339. The fourth-order valence-electron chi connectivity index (χ4n) is 5.60. The maximum atomic E-state index is 14.3. The van der Waals surface area contributed by atoms with E-state index in [1.165, 1.54) is 22.9 Å². The summed E-state index contributed by atoms with van der Waals surface area (Å²) in [7, 11) is 0. The van der Waals surface area contributed by atoms with Crippen molar-refractivity contribution in [3.63, 3.8) is 0 Å². The van der Waals surface area contributed by atoms with Crippen molar-refractivity contribution in [2.45, 2.75) is 50.8 Å². The van der Waals surface area contributed by atoms with Crippen LogP contribution in [0.2, 0.25) is 0 Å². The van der Waals surface area contributed by atoms with Gasteiger partial charge in [-0.15, -0.1) is 11.8 Å². The van der Waals surface area contributed by atoms with Gasteiger partial charge in [0.2, 0.25) is 5.91 Å². The molecule has 3 aliphatic rings. The quantitative estimate of drug-likeness (QED) is 0.545. The third kappa shape index (κ3) is 5.17. The summed E-state index contributed by atoms with van der Waals surface area (Å²) >= 11 is 1.57. The molecule has 1 saturated carbocycles. The van der Waals surface area contributed by atoms with Crippen LogP contribution < -0.4 is 4.90 Å². The molecule has 0 bridgehead atoms. The van der Waals surface area contributed by atoms with Crippen LogP contribution in [0.25, 0.3) is 6.08 Å². The molecule has 0 aromatic heterocycles. The molecule has 2 aromatic carbocycles. The lowest BCUT2D eigenvalue weighted by Crippen LogP contribution is -2.57. The predicted octanol–water partition coefficient (Wildman–Crippen LogP) is 5.02. The Balaban J connectivity index is 1.29. The SMILES string of the molecule is Cc1ccc(C)c(N2CCN(C(=O)CN3C(=O)/C(=C/c4ccccc4F)SC4CCCCC43)CC2)c1. The van der Waals surface area contributed by atoms with Gasteiger partial charge in [-0.25, -0.2) is 4.39 Å². The Morgan fingerprint density at radius 3 is 2.58 bits per heavy atom. The number of benzene rings is 2. The number of thioether (sulfide) groups is 1. The van der Waals surface area contributed by atoms with Crippen LogP contribution in [0.5, 0.6) is 0 Å². The van der Waals surface area contributed by atoms with Crippen molar-refractivity contribution >= 4 is 35.3 Å². The van der Waals surface area contributed by atoms with E-state index >= 15 is 0 Å². The van der Waals surface area contributed by atoms with Gasteiger partial charge >= 0.3 is 0 Å². The summed E-state index contributed by atoms with van der Waals surface area (Å²) in [6, 6.07) is 13.1. The van der Waals surface area contributed by atoms with E-state index in [1.807, 2.05) is 4.90 Å². The highest BCUT2D eigenvalue weighted by Crippen LogP contribution is 2.42. The zero-order chi connectivity index (χ0) is 25.2. The second-order valence-corrected chi connectivity index (χ2v) is 11.4. The molecule has 190 valence electrons. The third-order valence-corrected chi connectivity index (χ3v) is 9.05. The van der Waals surface area contributed by atoms with Crippen molar-refractivity contribution in [2.75, 3.05) is 37.6 Å². The number of aryl methyl sites for hydroxylation is 2. The average Bonchev–Trinajstić information content (AvgIpc) is 2.89. The predicted molar refractivity (Wildman–Crippen MR) is 144 cm³/mol. The molecule has 1 aliphatic carbocycles. The van der Waals surface area contributed by atoms with Crippen molar-refractivity contribution in [2.24, 2.45) is 0 Å². The van der Waals surface area contributed by atoms with Gasteiger partial charge < -0.3 is 14.7 Å². The lowest BCUT2D eigenvalue weighted by atomic mass is 9.93. The van der Waals surface area contributed by atoms with Gasteiger partial charge in [-0.1, -0.05) is 43.2 Å². The van der Waals surface area contributed by atoms with Crippen LogP contribution in [0.3, 0.4) is 0 Å². The zero-order valence-corrected chi connectivity index (χ0v) is 21.9. The molecule has 0 radical (unpaired) electrons. The van der Waals surface area contributed by atoms with Gasteiger partial charge in [0.1, 0.15) is 12.4 Å². The highest BCUT2D eigenvalue weighted by atomic mass is 32.2. The average molecular weight is 508 g/mol. The number of amides is 2. The molecule has 0 spiro atoms. The Hall–Kier alpha value is -2.80. The summed E-state index contributed by atoms with van der Waals surface area (Å²) in [4.78, 5) is 33.5. The van der Waals surface area contributed by atoms with Gasteiger partial charge in [-0.05, 0) is 56.0 Å². The van der Waals surface area contributed by atoms with Gasteiger partial charge in [0.15, 0.2) is 0 Å². The highest BCUT2D eigenvalue weighted by Gasteiger charge is 2.42. The minimum Gasteiger partial charge on any atom is -0.368 e. The van der Waals surface area contributed by atoms with Gasteiger partial charge in [0, 0.05) is 48.7 Å². The van der Waals surface area contributed by atoms with Crippen LogP contribution in [0.4, 0.5) is 10.1 Å². The summed E-state index contributed by atoms with van der Waals surface area (Å²) in [5, 5.41) is 0.253. The lowest BCUT2D eigenvalue weighted by molar-refractivity contribution is -0.140. The molecule has 5 rings (SSSR count). The van der Waals surface area contributed by atoms with E-state index in [4.69, 9.17) is 0 Å². The van der Waals surface area contributed by atoms with Gasteiger partial charge in [0.05, 0.1) is 4.91 Å². The molecule has 2 aliphatic heterocycles. The monoisotopic (exact) mass is 507 g/mol. The first-order chi connectivity index (χ1) is 17.4. The second-order valence-electron chi connectivity index (χ2n) is 10.1. The molecule has 2 aromatic rings. The van der Waals surface area contributed by atoms with Crippen molar-refractivity contribution in [3.8, 4) is 0 Å². The molecule has 2 amide bonds. The summed E-state index contributed by atoms with van der Waals surface area (Å²) < 4.78 is 14.3.